The second kappa shape index (κ2) is 6.36. The first-order valence-corrected chi connectivity index (χ1v) is 6.64. The van der Waals surface area contributed by atoms with Crippen LogP contribution in [0.4, 0.5) is 0 Å². The maximum atomic E-state index is 11.9. The van der Waals surface area contributed by atoms with E-state index < -0.39 is 5.54 Å². The number of methoxy groups -OCH3 is 1. The fraction of sp³-hybridized carbons (Fsp3) is 0.923. The van der Waals surface area contributed by atoms with Gasteiger partial charge in [-0.25, -0.2) is 0 Å². The van der Waals surface area contributed by atoms with Gasteiger partial charge in [0.05, 0.1) is 7.11 Å². The molecule has 4 heteroatoms. The molecule has 0 aliphatic heterocycles. The Morgan fingerprint density at radius 3 is 2.53 bits per heavy atom. The van der Waals surface area contributed by atoms with Crippen molar-refractivity contribution in [3.8, 4) is 0 Å². The first kappa shape index (κ1) is 14.5. The second-order valence-electron chi connectivity index (χ2n) is 5.06. The van der Waals surface area contributed by atoms with Crippen LogP contribution in [0, 0.1) is 0 Å². The average molecular weight is 242 g/mol. The fourth-order valence-corrected chi connectivity index (χ4v) is 2.33. The van der Waals surface area contributed by atoms with Crippen LogP contribution in [-0.4, -0.2) is 49.2 Å². The summed E-state index contributed by atoms with van der Waals surface area (Å²) in [5.74, 6) is -0.166. The van der Waals surface area contributed by atoms with Crippen molar-refractivity contribution in [3.63, 3.8) is 0 Å². The standard InChI is InChI=1S/C13H26N2O2/c1-5-9-15(11-7-8-11)10-13(3,14-6-2)12(16)17-4/h11,14H,5-10H2,1-4H3. The average Bonchev–Trinajstić information content (AvgIpc) is 3.11. The maximum Gasteiger partial charge on any atom is 0.327 e. The number of likely N-dealkylation sites (N-methyl/N-ethyl adjacent to an activating group) is 1. The fourth-order valence-electron chi connectivity index (χ4n) is 2.33. The number of nitrogens with zero attached hydrogens (tertiary/aromatic N) is 1. The van der Waals surface area contributed by atoms with Gasteiger partial charge in [0.15, 0.2) is 0 Å². The van der Waals surface area contributed by atoms with Crippen molar-refractivity contribution in [3.05, 3.63) is 0 Å². The van der Waals surface area contributed by atoms with Gasteiger partial charge >= 0.3 is 5.97 Å². The summed E-state index contributed by atoms with van der Waals surface area (Å²) in [5.41, 5.74) is -0.582. The molecule has 1 atom stereocenters. The molecule has 17 heavy (non-hydrogen) atoms. The van der Waals surface area contributed by atoms with Crippen molar-refractivity contribution in [2.45, 2.75) is 51.6 Å². The molecule has 1 saturated carbocycles. The highest BCUT2D eigenvalue weighted by Crippen LogP contribution is 2.28. The van der Waals surface area contributed by atoms with E-state index in [1.54, 1.807) is 0 Å². The van der Waals surface area contributed by atoms with Crippen LogP contribution in [0.5, 0.6) is 0 Å². The van der Waals surface area contributed by atoms with Crippen molar-refractivity contribution < 1.29 is 9.53 Å². The van der Waals surface area contributed by atoms with Gasteiger partial charge in [-0.3, -0.25) is 9.69 Å². The lowest BCUT2D eigenvalue weighted by Gasteiger charge is -2.34. The highest BCUT2D eigenvalue weighted by atomic mass is 16.5. The largest absolute Gasteiger partial charge is 0.468 e. The molecular weight excluding hydrogens is 216 g/mol. The van der Waals surface area contributed by atoms with E-state index in [-0.39, 0.29) is 5.97 Å². The molecule has 1 aliphatic carbocycles. The lowest BCUT2D eigenvalue weighted by atomic mass is 10.0. The molecule has 100 valence electrons. The summed E-state index contributed by atoms with van der Waals surface area (Å²) >= 11 is 0. The highest BCUT2D eigenvalue weighted by Gasteiger charge is 2.39. The van der Waals surface area contributed by atoms with Gasteiger partial charge in [0.1, 0.15) is 5.54 Å². The van der Waals surface area contributed by atoms with Crippen LogP contribution >= 0.6 is 0 Å². The van der Waals surface area contributed by atoms with Gasteiger partial charge in [0.2, 0.25) is 0 Å². The minimum Gasteiger partial charge on any atom is -0.468 e. The Bertz CT molecular complexity index is 254. The molecule has 0 heterocycles. The van der Waals surface area contributed by atoms with Crippen molar-refractivity contribution in [2.75, 3.05) is 26.7 Å². The minimum absolute atomic E-state index is 0.166. The Morgan fingerprint density at radius 1 is 1.47 bits per heavy atom. The lowest BCUT2D eigenvalue weighted by Crippen LogP contribution is -2.57. The molecular formula is C13H26N2O2. The number of nitrogens with one attached hydrogen (secondary N) is 1. The van der Waals surface area contributed by atoms with Gasteiger partial charge in [0.25, 0.3) is 0 Å². The predicted octanol–water partition coefficient (Wildman–Crippen LogP) is 1.40. The SMILES string of the molecule is CCCN(CC(C)(NCC)C(=O)OC)C1CC1. The van der Waals surface area contributed by atoms with Crippen molar-refractivity contribution >= 4 is 5.97 Å². The molecule has 0 aromatic carbocycles. The van der Waals surface area contributed by atoms with Crippen molar-refractivity contribution in [2.24, 2.45) is 0 Å². The van der Waals surface area contributed by atoms with Crippen LogP contribution < -0.4 is 5.32 Å². The molecule has 1 N–H and O–H groups in total. The van der Waals surface area contributed by atoms with E-state index in [4.69, 9.17) is 4.74 Å². The van der Waals surface area contributed by atoms with Crippen molar-refractivity contribution in [1.82, 2.24) is 10.2 Å². The van der Waals surface area contributed by atoms with Gasteiger partial charge in [-0.2, -0.15) is 0 Å². The molecule has 1 rings (SSSR count). The quantitative estimate of drug-likeness (QED) is 0.653. The summed E-state index contributed by atoms with van der Waals surface area (Å²) in [4.78, 5) is 14.3. The Labute approximate surface area is 105 Å². The molecule has 1 unspecified atom stereocenters. The Morgan fingerprint density at radius 2 is 2.12 bits per heavy atom. The zero-order valence-electron chi connectivity index (χ0n) is 11.6. The molecule has 0 saturated heterocycles. The molecule has 1 fully saturated rings. The summed E-state index contributed by atoms with van der Waals surface area (Å²) in [5, 5.41) is 3.27. The van der Waals surface area contributed by atoms with Crippen LogP contribution in [0.25, 0.3) is 0 Å². The summed E-state index contributed by atoms with van der Waals surface area (Å²) in [7, 11) is 1.46. The molecule has 0 amide bonds. The first-order chi connectivity index (χ1) is 8.07. The van der Waals surface area contributed by atoms with E-state index in [0.717, 1.165) is 26.1 Å². The monoisotopic (exact) mass is 242 g/mol. The number of carbonyl (C=O) groups is 1. The number of carbonyl (C=O) groups excluding carboxylic acids is 1. The van der Waals surface area contributed by atoms with E-state index in [9.17, 15) is 4.79 Å². The minimum atomic E-state index is -0.582. The topological polar surface area (TPSA) is 41.6 Å². The van der Waals surface area contributed by atoms with Crippen LogP contribution in [0.15, 0.2) is 0 Å². The molecule has 4 nitrogen and oxygen atoms in total. The number of esters is 1. The molecule has 1 aliphatic rings. The molecule has 0 spiro atoms. The summed E-state index contributed by atoms with van der Waals surface area (Å²) < 4.78 is 4.92. The smallest absolute Gasteiger partial charge is 0.327 e. The molecule has 0 aromatic rings. The Kier molecular flexibility index (Phi) is 5.40. The van der Waals surface area contributed by atoms with Gasteiger partial charge in [-0.15, -0.1) is 0 Å². The van der Waals surface area contributed by atoms with Gasteiger partial charge in [0, 0.05) is 12.6 Å². The maximum absolute atomic E-state index is 11.9. The summed E-state index contributed by atoms with van der Waals surface area (Å²) in [6.07, 6.45) is 3.66. The zero-order chi connectivity index (χ0) is 12.9. The van der Waals surface area contributed by atoms with Gasteiger partial charge in [-0.05, 0) is 39.3 Å². The van der Waals surface area contributed by atoms with Crippen LogP contribution in [0.2, 0.25) is 0 Å². The predicted molar refractivity (Wildman–Crippen MR) is 69.0 cm³/mol. The number of ether oxygens (including phenoxy) is 1. The zero-order valence-corrected chi connectivity index (χ0v) is 11.6. The second-order valence-corrected chi connectivity index (χ2v) is 5.06. The summed E-state index contributed by atoms with van der Waals surface area (Å²) in [6.45, 7) is 8.71. The normalized spacial score (nSPS) is 19.1. The van der Waals surface area contributed by atoms with Gasteiger partial charge < -0.3 is 10.1 Å². The van der Waals surface area contributed by atoms with Crippen LogP contribution in [0.1, 0.15) is 40.0 Å². The first-order valence-electron chi connectivity index (χ1n) is 6.64. The Hall–Kier alpha value is -0.610. The van der Waals surface area contributed by atoms with Crippen LogP contribution in [0.3, 0.4) is 0 Å². The van der Waals surface area contributed by atoms with Gasteiger partial charge in [-0.1, -0.05) is 13.8 Å². The van der Waals surface area contributed by atoms with E-state index in [2.05, 4.69) is 17.1 Å². The third-order valence-corrected chi connectivity index (χ3v) is 3.30. The number of hydrogen-bond donors (Lipinski definition) is 1. The van der Waals surface area contributed by atoms with E-state index in [1.807, 2.05) is 13.8 Å². The molecule has 0 bridgehead atoms. The Balaban J connectivity index is 2.65. The lowest BCUT2D eigenvalue weighted by molar-refractivity contribution is -0.148. The van der Waals surface area contributed by atoms with E-state index in [0.29, 0.717) is 6.04 Å². The van der Waals surface area contributed by atoms with Crippen LogP contribution in [-0.2, 0) is 9.53 Å². The highest BCUT2D eigenvalue weighted by molar-refractivity contribution is 5.80. The molecule has 0 radical (unpaired) electrons. The summed E-state index contributed by atoms with van der Waals surface area (Å²) in [6, 6.07) is 0.678. The number of hydrogen-bond acceptors (Lipinski definition) is 4. The van der Waals surface area contributed by atoms with E-state index in [1.165, 1.54) is 20.0 Å². The third kappa shape index (κ3) is 3.96. The third-order valence-electron chi connectivity index (χ3n) is 3.30. The molecule has 0 aromatic heterocycles. The van der Waals surface area contributed by atoms with E-state index >= 15 is 0 Å². The number of rotatable bonds is 8. The van der Waals surface area contributed by atoms with Crippen molar-refractivity contribution in [1.29, 1.82) is 0 Å².